The molecule has 224 valence electrons. The zero-order chi connectivity index (χ0) is 29.9. The Balaban J connectivity index is 1.26. The maximum absolute atomic E-state index is 12.5. The fourth-order valence-electron chi connectivity index (χ4n) is 6.28. The van der Waals surface area contributed by atoms with Crippen LogP contribution in [0.1, 0.15) is 12.8 Å². The van der Waals surface area contributed by atoms with E-state index in [-0.39, 0.29) is 5.91 Å². The predicted octanol–water partition coefficient (Wildman–Crippen LogP) is 4.73. The van der Waals surface area contributed by atoms with Crippen molar-refractivity contribution >= 4 is 39.8 Å². The average molecular weight is 581 g/mol. The first-order chi connectivity index (χ1) is 20.9. The predicted molar refractivity (Wildman–Crippen MR) is 173 cm³/mol. The van der Waals surface area contributed by atoms with Crippen LogP contribution in [-0.2, 0) is 11.8 Å². The van der Waals surface area contributed by atoms with Gasteiger partial charge in [0, 0.05) is 87.3 Å². The molecule has 2 N–H and O–H groups in total. The van der Waals surface area contributed by atoms with Crippen LogP contribution in [0.15, 0.2) is 67.5 Å². The molecule has 0 radical (unpaired) electrons. The SMILES string of the molecule is C=CC(=O)Nc1cc(Nc2nccc(-c3cn(C)c4ccccc34)n2)c(OC)cc1N1CCC(N2CCN(C)CC2)CC1. The summed E-state index contributed by atoms with van der Waals surface area (Å²) in [5, 5.41) is 7.49. The van der Waals surface area contributed by atoms with E-state index in [1.807, 2.05) is 37.4 Å². The maximum atomic E-state index is 12.5. The number of amides is 1. The van der Waals surface area contributed by atoms with Crippen LogP contribution < -0.4 is 20.3 Å². The number of carbonyl (C=O) groups is 1. The number of carbonyl (C=O) groups excluding carboxylic acids is 1. The monoisotopic (exact) mass is 580 g/mol. The van der Waals surface area contributed by atoms with Crippen LogP contribution in [0.2, 0.25) is 0 Å². The first-order valence-corrected chi connectivity index (χ1v) is 14.9. The normalized spacial score (nSPS) is 16.8. The highest BCUT2D eigenvalue weighted by Crippen LogP contribution is 2.40. The fraction of sp³-hybridized carbons (Fsp3) is 0.364. The summed E-state index contributed by atoms with van der Waals surface area (Å²) in [5.74, 6) is 0.816. The van der Waals surface area contributed by atoms with Crippen LogP contribution in [0.25, 0.3) is 22.2 Å². The molecule has 0 unspecified atom stereocenters. The third kappa shape index (κ3) is 6.07. The number of fused-ring (bicyclic) bond motifs is 1. The number of nitrogens with one attached hydrogen (secondary N) is 2. The molecule has 0 aliphatic carbocycles. The molecule has 0 spiro atoms. The summed E-state index contributed by atoms with van der Waals surface area (Å²) in [4.78, 5) is 29.2. The third-order valence-electron chi connectivity index (χ3n) is 8.70. The Morgan fingerprint density at radius 3 is 2.53 bits per heavy atom. The van der Waals surface area contributed by atoms with Crippen molar-refractivity contribution in [3.63, 3.8) is 0 Å². The number of methoxy groups -OCH3 is 1. The molecule has 0 saturated carbocycles. The molecule has 10 nitrogen and oxygen atoms in total. The summed E-state index contributed by atoms with van der Waals surface area (Å²) < 4.78 is 7.95. The van der Waals surface area contributed by atoms with Crippen LogP contribution in [0.4, 0.5) is 23.0 Å². The van der Waals surface area contributed by atoms with Crippen molar-refractivity contribution in [2.75, 3.05) is 69.0 Å². The van der Waals surface area contributed by atoms with E-state index in [4.69, 9.17) is 9.72 Å². The van der Waals surface area contributed by atoms with E-state index >= 15 is 0 Å². The van der Waals surface area contributed by atoms with Gasteiger partial charge in [-0.05, 0) is 44.2 Å². The second kappa shape index (κ2) is 12.4. The van der Waals surface area contributed by atoms with Crippen molar-refractivity contribution in [3.8, 4) is 17.0 Å². The number of aromatic nitrogens is 3. The summed E-state index contributed by atoms with van der Waals surface area (Å²) in [6.45, 7) is 9.96. The van der Waals surface area contributed by atoms with Crippen LogP contribution in [-0.4, -0.2) is 89.7 Å². The molecule has 1 amide bonds. The number of hydrogen-bond donors (Lipinski definition) is 2. The van der Waals surface area contributed by atoms with Gasteiger partial charge >= 0.3 is 0 Å². The summed E-state index contributed by atoms with van der Waals surface area (Å²) in [6, 6.07) is 14.7. The minimum atomic E-state index is -0.265. The van der Waals surface area contributed by atoms with E-state index in [2.05, 4.69) is 66.8 Å². The number of piperazine rings is 1. The number of anilines is 4. The highest BCUT2D eigenvalue weighted by Gasteiger charge is 2.28. The number of rotatable bonds is 8. The van der Waals surface area contributed by atoms with E-state index in [9.17, 15) is 4.79 Å². The number of hydrogen-bond acceptors (Lipinski definition) is 8. The van der Waals surface area contributed by atoms with Crippen molar-refractivity contribution in [1.82, 2.24) is 24.3 Å². The molecule has 2 aromatic carbocycles. The van der Waals surface area contributed by atoms with Gasteiger partial charge in [0.15, 0.2) is 0 Å². The van der Waals surface area contributed by atoms with Gasteiger partial charge < -0.3 is 29.7 Å². The standard InChI is InChI=1S/C33H40N8O2/c1-5-32(42)35-27-20-28(37-33-34-13-10-26(36-33)25-22-39(3)29-9-7-6-8-24(25)29)31(43-4)21-30(27)41-14-11-23(12-15-41)40-18-16-38(2)17-19-40/h5-10,13,20-23H,1,11-12,14-19H2,2-4H3,(H,35,42)(H,34,36,37). The first-order valence-electron chi connectivity index (χ1n) is 14.9. The molecule has 43 heavy (non-hydrogen) atoms. The largest absolute Gasteiger partial charge is 0.494 e. The highest BCUT2D eigenvalue weighted by molar-refractivity contribution is 6.02. The number of likely N-dealkylation sites (N-methyl/N-ethyl adjacent to an activating group) is 1. The Morgan fingerprint density at radius 1 is 1.02 bits per heavy atom. The Bertz CT molecular complexity index is 1620. The lowest BCUT2D eigenvalue weighted by atomic mass is 10.0. The number of nitrogens with zero attached hydrogens (tertiary/aromatic N) is 6. The molecular weight excluding hydrogens is 540 g/mol. The molecule has 2 saturated heterocycles. The van der Waals surface area contributed by atoms with Crippen molar-refractivity contribution in [2.24, 2.45) is 7.05 Å². The lowest BCUT2D eigenvalue weighted by molar-refractivity contribution is -0.111. The minimum absolute atomic E-state index is 0.265. The average Bonchev–Trinajstić information content (AvgIpc) is 3.38. The second-order valence-corrected chi connectivity index (χ2v) is 11.4. The summed E-state index contributed by atoms with van der Waals surface area (Å²) in [7, 11) is 5.88. The number of piperidine rings is 1. The van der Waals surface area contributed by atoms with E-state index in [0.717, 1.165) is 80.0 Å². The van der Waals surface area contributed by atoms with Crippen LogP contribution in [0.5, 0.6) is 5.75 Å². The molecule has 6 rings (SSSR count). The quantitative estimate of drug-likeness (QED) is 0.289. The summed E-state index contributed by atoms with van der Waals surface area (Å²) >= 11 is 0. The first kappa shape index (κ1) is 28.7. The smallest absolute Gasteiger partial charge is 0.247 e. The molecule has 2 fully saturated rings. The summed E-state index contributed by atoms with van der Waals surface area (Å²) in [5.41, 5.74) is 5.26. The molecule has 2 aromatic heterocycles. The molecule has 0 bridgehead atoms. The van der Waals surface area contributed by atoms with Gasteiger partial charge in [0.05, 0.1) is 29.9 Å². The number of para-hydroxylation sites is 1. The summed E-state index contributed by atoms with van der Waals surface area (Å²) in [6.07, 6.45) is 7.28. The lowest BCUT2D eigenvalue weighted by Gasteiger charge is -2.43. The second-order valence-electron chi connectivity index (χ2n) is 11.4. The Morgan fingerprint density at radius 2 is 1.79 bits per heavy atom. The van der Waals surface area contributed by atoms with Gasteiger partial charge in [0.25, 0.3) is 0 Å². The Labute approximate surface area is 253 Å². The lowest BCUT2D eigenvalue weighted by Crippen LogP contribution is -2.52. The molecular formula is C33H40N8O2. The molecule has 2 aliphatic rings. The zero-order valence-corrected chi connectivity index (χ0v) is 25.2. The Kier molecular flexibility index (Phi) is 8.31. The van der Waals surface area contributed by atoms with Crippen molar-refractivity contribution in [2.45, 2.75) is 18.9 Å². The van der Waals surface area contributed by atoms with E-state index in [0.29, 0.717) is 29.1 Å². The number of ether oxygens (including phenoxy) is 1. The van der Waals surface area contributed by atoms with Crippen molar-refractivity contribution < 1.29 is 9.53 Å². The van der Waals surface area contributed by atoms with Crippen LogP contribution >= 0.6 is 0 Å². The molecule has 0 atom stereocenters. The van der Waals surface area contributed by atoms with E-state index in [1.165, 1.54) is 6.08 Å². The van der Waals surface area contributed by atoms with Crippen LogP contribution in [0.3, 0.4) is 0 Å². The van der Waals surface area contributed by atoms with E-state index in [1.54, 1.807) is 13.3 Å². The topological polar surface area (TPSA) is 90.8 Å². The van der Waals surface area contributed by atoms with Crippen molar-refractivity contribution in [3.05, 3.63) is 67.5 Å². The number of aryl methyl sites for hydroxylation is 1. The highest BCUT2D eigenvalue weighted by atomic mass is 16.5. The van der Waals surface area contributed by atoms with Gasteiger partial charge in [-0.15, -0.1) is 0 Å². The van der Waals surface area contributed by atoms with Gasteiger partial charge in [-0.3, -0.25) is 9.69 Å². The van der Waals surface area contributed by atoms with Gasteiger partial charge in [-0.1, -0.05) is 24.8 Å². The van der Waals surface area contributed by atoms with E-state index < -0.39 is 0 Å². The zero-order valence-electron chi connectivity index (χ0n) is 25.2. The van der Waals surface area contributed by atoms with Gasteiger partial charge in [-0.2, -0.15) is 0 Å². The van der Waals surface area contributed by atoms with Gasteiger partial charge in [0.2, 0.25) is 11.9 Å². The molecule has 4 aromatic rings. The molecule has 4 heterocycles. The fourth-order valence-corrected chi connectivity index (χ4v) is 6.28. The molecule has 10 heteroatoms. The van der Waals surface area contributed by atoms with Gasteiger partial charge in [0.1, 0.15) is 5.75 Å². The maximum Gasteiger partial charge on any atom is 0.247 e. The third-order valence-corrected chi connectivity index (χ3v) is 8.70. The Hall–Kier alpha value is -4.41. The molecule has 2 aliphatic heterocycles. The van der Waals surface area contributed by atoms with Crippen molar-refractivity contribution in [1.29, 1.82) is 0 Å². The van der Waals surface area contributed by atoms with Crippen LogP contribution in [0, 0.1) is 0 Å². The number of benzene rings is 2. The van der Waals surface area contributed by atoms with Gasteiger partial charge in [-0.25, -0.2) is 9.97 Å². The minimum Gasteiger partial charge on any atom is -0.494 e.